The van der Waals surface area contributed by atoms with E-state index in [1.807, 2.05) is 0 Å². The Morgan fingerprint density at radius 1 is 0.952 bits per heavy atom. The third-order valence-corrected chi connectivity index (χ3v) is 7.81. The minimum Gasteiger partial charge on any atom is -0.493 e. The van der Waals surface area contributed by atoms with Gasteiger partial charge in [-0.2, -0.15) is 18.2 Å². The summed E-state index contributed by atoms with van der Waals surface area (Å²) in [4.78, 5) is 16.4. The third kappa shape index (κ3) is 5.78. The van der Waals surface area contributed by atoms with Crippen molar-refractivity contribution < 1.29 is 40.9 Å². The van der Waals surface area contributed by atoms with Gasteiger partial charge < -0.3 is 19.3 Å². The molecule has 220 valence electrons. The highest BCUT2D eigenvalue weighted by atomic mass is 32.2. The summed E-state index contributed by atoms with van der Waals surface area (Å²) in [5.74, 6) is -0.559. The number of nitrogens with one attached hydrogen (secondary N) is 1. The Morgan fingerprint density at radius 2 is 1.62 bits per heavy atom. The summed E-state index contributed by atoms with van der Waals surface area (Å²) in [5.41, 5.74) is -1.98. The van der Waals surface area contributed by atoms with E-state index in [4.69, 9.17) is 14.2 Å². The zero-order valence-corrected chi connectivity index (χ0v) is 22.8. The molecule has 1 aliphatic rings. The second-order valence-corrected chi connectivity index (χ2v) is 10.8. The second kappa shape index (κ2) is 11.4. The van der Waals surface area contributed by atoms with Crippen LogP contribution in [-0.4, -0.2) is 60.0 Å². The van der Waals surface area contributed by atoms with Crippen molar-refractivity contribution in [2.45, 2.75) is 29.3 Å². The lowest BCUT2D eigenvalue weighted by Gasteiger charge is -2.20. The number of hydrogen-bond acceptors (Lipinski definition) is 10. The molecule has 0 spiro atoms. The van der Waals surface area contributed by atoms with Crippen LogP contribution in [0.2, 0.25) is 0 Å². The first kappa shape index (κ1) is 29.0. The molecular weight excluding hydrogens is 579 g/mol. The molecule has 1 fully saturated rings. The molecule has 2 aromatic carbocycles. The highest BCUT2D eigenvalue weighted by Crippen LogP contribution is 2.58. The van der Waals surface area contributed by atoms with Crippen LogP contribution in [0, 0.1) is 0 Å². The third-order valence-electron chi connectivity index (χ3n) is 6.45. The number of rotatable bonds is 11. The van der Waals surface area contributed by atoms with Gasteiger partial charge in [0, 0.05) is 12.4 Å². The van der Waals surface area contributed by atoms with E-state index in [0.29, 0.717) is 5.75 Å². The average Bonchev–Trinajstić information content (AvgIpc) is 3.81. The highest BCUT2D eigenvalue weighted by Gasteiger charge is 2.64. The van der Waals surface area contributed by atoms with Crippen molar-refractivity contribution in [3.8, 4) is 34.8 Å². The summed E-state index contributed by atoms with van der Waals surface area (Å²) in [6, 6.07) is 12.6. The minimum atomic E-state index is -4.45. The molecule has 0 unspecified atom stereocenters. The molecule has 0 bridgehead atoms. The molecule has 2 heterocycles. The zero-order chi connectivity index (χ0) is 30.0. The van der Waals surface area contributed by atoms with E-state index >= 15 is 0 Å². The molecule has 11 nitrogen and oxygen atoms in total. The summed E-state index contributed by atoms with van der Waals surface area (Å²) < 4.78 is 86.9. The van der Waals surface area contributed by atoms with Crippen LogP contribution in [0.3, 0.4) is 0 Å². The molecule has 1 aliphatic carbocycles. The van der Waals surface area contributed by atoms with Crippen molar-refractivity contribution in [3.63, 3.8) is 0 Å². The fourth-order valence-electron chi connectivity index (χ4n) is 4.16. The van der Waals surface area contributed by atoms with Crippen molar-refractivity contribution in [3.05, 3.63) is 72.6 Å². The molecule has 2 N–H and O–H groups in total. The number of aromatic nitrogens is 4. The quantitative estimate of drug-likeness (QED) is 0.251. The smallest absolute Gasteiger partial charge is 0.398 e. The van der Waals surface area contributed by atoms with E-state index in [0.717, 1.165) is 24.3 Å². The number of para-hydroxylation sites is 2. The Kier molecular flexibility index (Phi) is 7.88. The van der Waals surface area contributed by atoms with E-state index in [2.05, 4.69) is 24.7 Å². The molecular formula is C27H24F3N5O6S. The number of benzene rings is 2. The number of sulfonamides is 1. The number of hydrogen-bond donors (Lipinski definition) is 2. The fourth-order valence-corrected chi connectivity index (χ4v) is 5.16. The molecule has 15 heteroatoms. The van der Waals surface area contributed by atoms with Crippen LogP contribution >= 0.6 is 0 Å². The maximum atomic E-state index is 13.6. The lowest BCUT2D eigenvalue weighted by molar-refractivity contribution is -0.160. The topological polar surface area (TPSA) is 146 Å². The van der Waals surface area contributed by atoms with Gasteiger partial charge >= 0.3 is 6.18 Å². The van der Waals surface area contributed by atoms with E-state index in [9.17, 15) is 26.7 Å². The Morgan fingerprint density at radius 3 is 2.21 bits per heavy atom. The lowest BCUT2D eigenvalue weighted by atomic mass is 9.95. The van der Waals surface area contributed by atoms with Crippen LogP contribution in [0.4, 0.5) is 19.0 Å². The van der Waals surface area contributed by atoms with Gasteiger partial charge in [-0.3, -0.25) is 4.72 Å². The van der Waals surface area contributed by atoms with Gasteiger partial charge in [0.15, 0.2) is 23.1 Å². The highest BCUT2D eigenvalue weighted by molar-refractivity contribution is 7.92. The van der Waals surface area contributed by atoms with Crippen LogP contribution in [-0.2, 0) is 15.4 Å². The Balaban J connectivity index is 1.58. The van der Waals surface area contributed by atoms with Crippen LogP contribution in [0.1, 0.15) is 18.4 Å². The molecule has 2 aromatic heterocycles. The van der Waals surface area contributed by atoms with E-state index in [-0.39, 0.29) is 64.8 Å². The van der Waals surface area contributed by atoms with Crippen molar-refractivity contribution in [2.24, 2.45) is 0 Å². The van der Waals surface area contributed by atoms with Gasteiger partial charge in [0.25, 0.3) is 15.9 Å². The summed E-state index contributed by atoms with van der Waals surface area (Å²) in [7, 11) is -3.02. The first-order chi connectivity index (χ1) is 20.1. The first-order valence-electron chi connectivity index (χ1n) is 12.5. The van der Waals surface area contributed by atoms with Crippen LogP contribution < -0.4 is 18.9 Å². The van der Waals surface area contributed by atoms with Gasteiger partial charge in [0.1, 0.15) is 6.61 Å². The fraction of sp³-hybridized carbons (Fsp3) is 0.259. The monoisotopic (exact) mass is 603 g/mol. The van der Waals surface area contributed by atoms with Gasteiger partial charge in [0.05, 0.1) is 24.0 Å². The number of ether oxygens (including phenoxy) is 3. The number of alkyl halides is 3. The van der Waals surface area contributed by atoms with Crippen LogP contribution in [0.25, 0.3) is 11.6 Å². The zero-order valence-electron chi connectivity index (χ0n) is 22.0. The Bertz CT molecular complexity index is 1670. The van der Waals surface area contributed by atoms with Gasteiger partial charge in [-0.05, 0) is 48.7 Å². The number of methoxy groups -OCH3 is 1. The maximum Gasteiger partial charge on any atom is 0.398 e. The first-order valence-corrected chi connectivity index (χ1v) is 14.0. The molecule has 0 saturated heterocycles. The van der Waals surface area contributed by atoms with Crippen molar-refractivity contribution in [1.82, 2.24) is 19.9 Å². The number of aliphatic hydroxyl groups is 1. The van der Waals surface area contributed by atoms with Gasteiger partial charge in [-0.25, -0.2) is 23.4 Å². The SMILES string of the molecule is COc1ccccc1Oc1c(NS(=O)(=O)c2ccc(C3(C(F)(F)F)CC3)cc2)nc(-c2ncccn2)nc1OCCO. The predicted octanol–water partition coefficient (Wildman–Crippen LogP) is 4.50. The lowest BCUT2D eigenvalue weighted by Crippen LogP contribution is -2.28. The van der Waals surface area contributed by atoms with E-state index in [1.165, 1.54) is 19.5 Å². The predicted molar refractivity (Wildman–Crippen MR) is 143 cm³/mol. The molecule has 4 aromatic rings. The van der Waals surface area contributed by atoms with Crippen LogP contribution in [0.15, 0.2) is 71.9 Å². The standard InChI is InChI=1S/C27H24F3N5O6S/c1-39-19-5-2-3-6-20(19)41-21-22(33-24(23-31-13-4-14-32-23)34-25(21)40-16-15-36)35-42(37,38)18-9-7-17(8-10-18)26(11-12-26)27(28,29)30/h2-10,13-14,36H,11-12,15-16H2,1H3,(H,33,34,35). The summed E-state index contributed by atoms with van der Waals surface area (Å²) in [6.45, 7) is -0.634. The summed E-state index contributed by atoms with van der Waals surface area (Å²) in [5, 5.41) is 9.38. The minimum absolute atomic E-state index is 0.0145. The Hall–Kier alpha value is -4.50. The normalized spacial score (nSPS) is 14.2. The molecule has 1 saturated carbocycles. The maximum absolute atomic E-state index is 13.6. The number of aliphatic hydroxyl groups excluding tert-OH is 1. The summed E-state index contributed by atoms with van der Waals surface area (Å²) >= 11 is 0. The van der Waals surface area contributed by atoms with Crippen molar-refractivity contribution in [2.75, 3.05) is 25.0 Å². The molecule has 42 heavy (non-hydrogen) atoms. The van der Waals surface area contributed by atoms with Crippen molar-refractivity contribution in [1.29, 1.82) is 0 Å². The van der Waals surface area contributed by atoms with E-state index in [1.54, 1.807) is 30.3 Å². The van der Waals surface area contributed by atoms with Crippen LogP contribution in [0.5, 0.6) is 23.1 Å². The molecule has 5 rings (SSSR count). The van der Waals surface area contributed by atoms with Crippen molar-refractivity contribution >= 4 is 15.8 Å². The van der Waals surface area contributed by atoms with E-state index < -0.39 is 28.2 Å². The van der Waals surface area contributed by atoms with Gasteiger partial charge in [-0.1, -0.05) is 24.3 Å². The molecule has 0 amide bonds. The number of nitrogens with zero attached hydrogens (tertiary/aromatic N) is 4. The Labute approximate surface area is 238 Å². The molecule has 0 radical (unpaired) electrons. The summed E-state index contributed by atoms with van der Waals surface area (Å²) in [6.07, 6.45) is -1.71. The molecule has 0 atom stereocenters. The van der Waals surface area contributed by atoms with Gasteiger partial charge in [0.2, 0.25) is 11.6 Å². The average molecular weight is 604 g/mol. The second-order valence-electron chi connectivity index (χ2n) is 9.14. The molecule has 0 aliphatic heterocycles. The largest absolute Gasteiger partial charge is 0.493 e. The number of halogens is 3. The number of anilines is 1. The van der Waals surface area contributed by atoms with Gasteiger partial charge in [-0.15, -0.1) is 0 Å².